The molecule has 0 aromatic rings. The number of hydrogen-bond donors (Lipinski definition) is 2. The van der Waals surface area contributed by atoms with E-state index in [-0.39, 0.29) is 24.5 Å². The van der Waals surface area contributed by atoms with Crippen molar-refractivity contribution in [2.45, 2.75) is 39.2 Å². The van der Waals surface area contributed by atoms with Gasteiger partial charge in [-0.15, -0.1) is 0 Å². The minimum atomic E-state index is -0.814. The summed E-state index contributed by atoms with van der Waals surface area (Å²) < 4.78 is 5.22. The van der Waals surface area contributed by atoms with Crippen molar-refractivity contribution < 1.29 is 19.4 Å². The Morgan fingerprint density at radius 3 is 2.65 bits per heavy atom. The zero-order valence-electron chi connectivity index (χ0n) is 12.6. The summed E-state index contributed by atoms with van der Waals surface area (Å²) in [5.41, 5.74) is 0. The van der Waals surface area contributed by atoms with Crippen molar-refractivity contribution in [3.63, 3.8) is 0 Å². The number of amides is 2. The highest BCUT2D eigenvalue weighted by molar-refractivity contribution is 5.74. The van der Waals surface area contributed by atoms with Gasteiger partial charge in [-0.3, -0.25) is 4.79 Å². The maximum Gasteiger partial charge on any atom is 0.317 e. The number of rotatable bonds is 7. The van der Waals surface area contributed by atoms with E-state index in [0.29, 0.717) is 25.6 Å². The average Bonchev–Trinajstić information content (AvgIpc) is 2.83. The lowest BCUT2D eigenvalue weighted by atomic mass is 9.94. The maximum atomic E-state index is 12.0. The van der Waals surface area contributed by atoms with Gasteiger partial charge in [-0.1, -0.05) is 13.8 Å². The number of likely N-dealkylation sites (tertiary alicyclic amines) is 1. The molecule has 1 fully saturated rings. The van der Waals surface area contributed by atoms with E-state index in [1.54, 1.807) is 12.0 Å². The third-order valence-electron chi connectivity index (χ3n) is 3.58. The number of ether oxygens (including phenoxy) is 1. The molecule has 0 saturated carbocycles. The smallest absolute Gasteiger partial charge is 0.317 e. The van der Waals surface area contributed by atoms with E-state index in [4.69, 9.17) is 9.84 Å². The number of carbonyl (C=O) groups excluding carboxylic acids is 1. The van der Waals surface area contributed by atoms with Crippen LogP contribution in [0.4, 0.5) is 4.79 Å². The Balaban J connectivity index is 2.38. The number of aliphatic carboxylic acids is 1. The topological polar surface area (TPSA) is 78.9 Å². The van der Waals surface area contributed by atoms with E-state index in [0.717, 1.165) is 12.8 Å². The Kier molecular flexibility index (Phi) is 6.78. The maximum absolute atomic E-state index is 12.0. The number of carboxylic acids is 1. The van der Waals surface area contributed by atoms with Crippen LogP contribution in [0.2, 0.25) is 0 Å². The standard InChI is InChI=1S/C14H26N2O4/c1-10(2)6-11(7-13(17)18)8-15-14(19)16-5-4-12(9-16)20-3/h10-12H,4-9H2,1-3H3,(H,15,19)(H,17,18)/t11-,12?/m0/s1. The molecule has 1 aliphatic rings. The van der Waals surface area contributed by atoms with E-state index < -0.39 is 5.97 Å². The number of carbonyl (C=O) groups is 2. The van der Waals surface area contributed by atoms with Crippen LogP contribution in [0.15, 0.2) is 0 Å². The van der Waals surface area contributed by atoms with Gasteiger partial charge in [0.25, 0.3) is 0 Å². The van der Waals surface area contributed by atoms with Gasteiger partial charge in [-0.25, -0.2) is 4.79 Å². The van der Waals surface area contributed by atoms with E-state index in [2.05, 4.69) is 19.2 Å². The summed E-state index contributed by atoms with van der Waals surface area (Å²) in [5.74, 6) is -0.413. The molecule has 20 heavy (non-hydrogen) atoms. The lowest BCUT2D eigenvalue weighted by Gasteiger charge is -2.21. The van der Waals surface area contributed by atoms with Crippen molar-refractivity contribution in [1.29, 1.82) is 0 Å². The predicted octanol–water partition coefficient (Wildman–Crippen LogP) is 1.55. The molecule has 0 aliphatic carbocycles. The van der Waals surface area contributed by atoms with Gasteiger partial charge < -0.3 is 20.1 Å². The summed E-state index contributed by atoms with van der Waals surface area (Å²) in [6, 6.07) is -0.122. The van der Waals surface area contributed by atoms with Crippen LogP contribution in [-0.4, -0.2) is 54.9 Å². The molecule has 116 valence electrons. The number of nitrogens with zero attached hydrogens (tertiary/aromatic N) is 1. The second-order valence-electron chi connectivity index (χ2n) is 5.87. The van der Waals surface area contributed by atoms with Crippen molar-refractivity contribution >= 4 is 12.0 Å². The van der Waals surface area contributed by atoms with Gasteiger partial charge in [0.05, 0.1) is 6.10 Å². The van der Waals surface area contributed by atoms with Gasteiger partial charge in [0.1, 0.15) is 0 Å². The van der Waals surface area contributed by atoms with Crippen LogP contribution in [0.3, 0.4) is 0 Å². The minimum Gasteiger partial charge on any atom is -0.481 e. The zero-order valence-corrected chi connectivity index (χ0v) is 12.6. The van der Waals surface area contributed by atoms with Crippen molar-refractivity contribution in [3.8, 4) is 0 Å². The molecule has 6 heteroatoms. The first-order valence-electron chi connectivity index (χ1n) is 7.19. The Hall–Kier alpha value is -1.30. The van der Waals surface area contributed by atoms with Crippen LogP contribution in [0.5, 0.6) is 0 Å². The fraction of sp³-hybridized carbons (Fsp3) is 0.857. The minimum absolute atomic E-state index is 0.0164. The van der Waals surface area contributed by atoms with Crippen LogP contribution in [0.1, 0.15) is 33.1 Å². The van der Waals surface area contributed by atoms with Gasteiger partial charge in [-0.05, 0) is 24.7 Å². The second-order valence-corrected chi connectivity index (χ2v) is 5.87. The average molecular weight is 286 g/mol. The molecule has 1 saturated heterocycles. The van der Waals surface area contributed by atoms with Crippen LogP contribution in [0.25, 0.3) is 0 Å². The van der Waals surface area contributed by atoms with Gasteiger partial charge in [0.15, 0.2) is 0 Å². The molecule has 6 nitrogen and oxygen atoms in total. The third kappa shape index (κ3) is 5.77. The lowest BCUT2D eigenvalue weighted by Crippen LogP contribution is -2.41. The molecule has 0 radical (unpaired) electrons. The van der Waals surface area contributed by atoms with Crippen molar-refractivity contribution in [2.75, 3.05) is 26.7 Å². The molecule has 1 unspecified atom stereocenters. The highest BCUT2D eigenvalue weighted by Gasteiger charge is 2.26. The zero-order chi connectivity index (χ0) is 15.1. The van der Waals surface area contributed by atoms with Gasteiger partial charge in [0, 0.05) is 33.2 Å². The fourth-order valence-electron chi connectivity index (χ4n) is 2.60. The fourth-order valence-corrected chi connectivity index (χ4v) is 2.60. The third-order valence-corrected chi connectivity index (χ3v) is 3.58. The summed E-state index contributed by atoms with van der Waals surface area (Å²) in [7, 11) is 1.65. The van der Waals surface area contributed by atoms with E-state index >= 15 is 0 Å². The molecule has 1 rings (SSSR count). The number of nitrogens with one attached hydrogen (secondary N) is 1. The van der Waals surface area contributed by atoms with E-state index in [1.165, 1.54) is 0 Å². The molecule has 1 aliphatic heterocycles. The van der Waals surface area contributed by atoms with Crippen LogP contribution >= 0.6 is 0 Å². The molecule has 2 N–H and O–H groups in total. The van der Waals surface area contributed by atoms with Crippen molar-refractivity contribution in [2.24, 2.45) is 11.8 Å². The second kappa shape index (κ2) is 8.09. The van der Waals surface area contributed by atoms with E-state index in [9.17, 15) is 9.59 Å². The molecular weight excluding hydrogens is 260 g/mol. The molecule has 0 bridgehead atoms. The largest absolute Gasteiger partial charge is 0.481 e. The van der Waals surface area contributed by atoms with Crippen molar-refractivity contribution in [3.05, 3.63) is 0 Å². The van der Waals surface area contributed by atoms with Gasteiger partial charge in [0.2, 0.25) is 0 Å². The van der Waals surface area contributed by atoms with Crippen LogP contribution in [-0.2, 0) is 9.53 Å². The molecule has 1 heterocycles. The molecule has 2 atom stereocenters. The molecule has 0 aromatic carbocycles. The van der Waals surface area contributed by atoms with Crippen LogP contribution in [0, 0.1) is 11.8 Å². The first-order chi connectivity index (χ1) is 9.42. The number of carboxylic acid groups (broad SMARTS) is 1. The Morgan fingerprint density at radius 1 is 1.45 bits per heavy atom. The Bertz CT molecular complexity index is 333. The van der Waals surface area contributed by atoms with Gasteiger partial charge in [-0.2, -0.15) is 0 Å². The normalized spacial score (nSPS) is 20.2. The van der Waals surface area contributed by atoms with Crippen LogP contribution < -0.4 is 5.32 Å². The van der Waals surface area contributed by atoms with Gasteiger partial charge >= 0.3 is 12.0 Å². The number of urea groups is 1. The first kappa shape index (κ1) is 16.8. The predicted molar refractivity (Wildman–Crippen MR) is 75.6 cm³/mol. The summed E-state index contributed by atoms with van der Waals surface area (Å²) in [4.78, 5) is 24.6. The highest BCUT2D eigenvalue weighted by Crippen LogP contribution is 2.16. The summed E-state index contributed by atoms with van der Waals surface area (Å²) in [6.07, 6.45) is 1.87. The molecule has 0 spiro atoms. The highest BCUT2D eigenvalue weighted by atomic mass is 16.5. The summed E-state index contributed by atoms with van der Waals surface area (Å²) in [5, 5.41) is 11.7. The molecular formula is C14H26N2O4. The van der Waals surface area contributed by atoms with Crippen molar-refractivity contribution in [1.82, 2.24) is 10.2 Å². The summed E-state index contributed by atoms with van der Waals surface area (Å²) in [6.45, 7) is 5.83. The number of hydrogen-bond acceptors (Lipinski definition) is 3. The first-order valence-corrected chi connectivity index (χ1v) is 7.19. The SMILES string of the molecule is COC1CCN(C(=O)NC[C@H](CC(=O)O)CC(C)C)C1. The Labute approximate surface area is 120 Å². The van der Waals surface area contributed by atoms with E-state index in [1.807, 2.05) is 0 Å². The molecule has 2 amide bonds. The molecule has 0 aromatic heterocycles. The number of methoxy groups -OCH3 is 1. The monoisotopic (exact) mass is 286 g/mol. The lowest BCUT2D eigenvalue weighted by molar-refractivity contribution is -0.138. The quantitative estimate of drug-likeness (QED) is 0.744. The summed E-state index contributed by atoms with van der Waals surface area (Å²) >= 11 is 0. The Morgan fingerprint density at radius 2 is 2.15 bits per heavy atom.